The molecule has 0 aliphatic heterocycles. The Morgan fingerprint density at radius 2 is 1.93 bits per heavy atom. The number of nitrogens with one attached hydrogen (secondary N) is 1. The number of fused-ring (bicyclic) bond motifs is 1. The molecule has 28 heavy (non-hydrogen) atoms. The fraction of sp³-hybridized carbons (Fsp3) is 0.250. The Bertz CT molecular complexity index is 1050. The molecule has 1 aromatic heterocycles. The number of H-pyrrole nitrogens is 1. The van der Waals surface area contributed by atoms with Crippen molar-refractivity contribution in [3.63, 3.8) is 0 Å². The highest BCUT2D eigenvalue weighted by Gasteiger charge is 2.22. The summed E-state index contributed by atoms with van der Waals surface area (Å²) in [5.74, 6) is -0.219. The molecular formula is C24H24N2O2. The molecule has 2 aromatic carbocycles. The molecular weight excluding hydrogens is 348 g/mol. The van der Waals surface area contributed by atoms with Gasteiger partial charge in [-0.05, 0) is 54.9 Å². The molecule has 4 nitrogen and oxygen atoms in total. The number of aromatic amines is 1. The predicted molar refractivity (Wildman–Crippen MR) is 113 cm³/mol. The maximum atomic E-state index is 11.7. The van der Waals surface area contributed by atoms with Gasteiger partial charge in [0.25, 0.3) is 0 Å². The molecule has 1 aliphatic rings. The first-order chi connectivity index (χ1) is 13.6. The van der Waals surface area contributed by atoms with Gasteiger partial charge < -0.3 is 10.1 Å². The van der Waals surface area contributed by atoms with E-state index in [1.165, 1.54) is 24.0 Å². The highest BCUT2D eigenvalue weighted by atomic mass is 16.4. The standard InChI is InChI=1S/C24H24N2O2/c1-16-21(20-6-2-3-7-22(20)26-16)15-23(24(27)28)25-14-4-5-17-8-10-18(11-9-17)19-12-13-19/h2-4,6-11,14,19,26H,5,12-13,15H2,1H3,(H,27,28). The van der Waals surface area contributed by atoms with Crippen molar-refractivity contribution in [2.75, 3.05) is 0 Å². The molecule has 0 bridgehead atoms. The molecule has 0 spiro atoms. The van der Waals surface area contributed by atoms with E-state index >= 15 is 0 Å². The highest BCUT2D eigenvalue weighted by molar-refractivity contribution is 6.36. The lowest BCUT2D eigenvalue weighted by Gasteiger charge is -2.02. The van der Waals surface area contributed by atoms with Gasteiger partial charge in [-0.15, -0.1) is 0 Å². The fourth-order valence-corrected chi connectivity index (χ4v) is 3.58. The maximum absolute atomic E-state index is 11.7. The van der Waals surface area contributed by atoms with Crippen LogP contribution in [0, 0.1) is 6.92 Å². The number of nitrogens with zero attached hydrogens (tertiary/aromatic N) is 1. The number of rotatable bonds is 7. The molecule has 0 atom stereocenters. The first-order valence-electron chi connectivity index (χ1n) is 9.72. The summed E-state index contributed by atoms with van der Waals surface area (Å²) in [6.07, 6.45) is 7.18. The number of aromatic nitrogens is 1. The molecule has 0 unspecified atom stereocenters. The molecule has 3 aromatic rings. The number of para-hydroxylation sites is 1. The summed E-state index contributed by atoms with van der Waals surface area (Å²) < 4.78 is 0. The number of allylic oxidation sites excluding steroid dienone is 1. The van der Waals surface area contributed by atoms with Crippen molar-refractivity contribution < 1.29 is 9.90 Å². The van der Waals surface area contributed by atoms with Gasteiger partial charge in [0.2, 0.25) is 0 Å². The number of hydrogen-bond acceptors (Lipinski definition) is 2. The summed E-state index contributed by atoms with van der Waals surface area (Å²) in [5.41, 5.74) is 5.77. The SMILES string of the molecule is Cc1[nH]c2ccccc2c1CC(=NC=CCc1ccc(C2CC2)cc1)C(=O)O. The monoisotopic (exact) mass is 372 g/mol. The minimum Gasteiger partial charge on any atom is -0.477 e. The van der Waals surface area contributed by atoms with E-state index in [9.17, 15) is 9.90 Å². The van der Waals surface area contributed by atoms with E-state index in [0.717, 1.165) is 34.5 Å². The Morgan fingerprint density at radius 1 is 1.18 bits per heavy atom. The Morgan fingerprint density at radius 3 is 2.64 bits per heavy atom. The summed E-state index contributed by atoms with van der Waals surface area (Å²) in [4.78, 5) is 19.2. The van der Waals surface area contributed by atoms with Gasteiger partial charge in [-0.1, -0.05) is 48.5 Å². The molecule has 1 fully saturated rings. The van der Waals surface area contributed by atoms with Gasteiger partial charge in [0.15, 0.2) is 0 Å². The van der Waals surface area contributed by atoms with Crippen LogP contribution in [0.5, 0.6) is 0 Å². The van der Waals surface area contributed by atoms with E-state index in [4.69, 9.17) is 0 Å². The van der Waals surface area contributed by atoms with E-state index in [-0.39, 0.29) is 5.71 Å². The van der Waals surface area contributed by atoms with Crippen molar-refractivity contribution in [1.82, 2.24) is 4.98 Å². The van der Waals surface area contributed by atoms with Crippen LogP contribution in [0.4, 0.5) is 0 Å². The van der Waals surface area contributed by atoms with Crippen LogP contribution in [0.3, 0.4) is 0 Å². The van der Waals surface area contributed by atoms with Crippen LogP contribution in [0.1, 0.15) is 41.1 Å². The lowest BCUT2D eigenvalue weighted by atomic mass is 10.0. The molecule has 1 saturated carbocycles. The number of aliphatic imine (C=N–C) groups is 1. The molecule has 0 saturated heterocycles. The Balaban J connectivity index is 1.46. The van der Waals surface area contributed by atoms with Crippen LogP contribution in [0.25, 0.3) is 10.9 Å². The van der Waals surface area contributed by atoms with Crippen molar-refractivity contribution in [3.05, 3.63) is 83.2 Å². The van der Waals surface area contributed by atoms with Gasteiger partial charge in [-0.25, -0.2) is 4.79 Å². The molecule has 1 aliphatic carbocycles. The minimum absolute atomic E-state index is 0.146. The first kappa shape index (κ1) is 18.2. The van der Waals surface area contributed by atoms with E-state index in [2.05, 4.69) is 34.2 Å². The summed E-state index contributed by atoms with van der Waals surface area (Å²) in [6, 6.07) is 16.6. The second-order valence-electron chi connectivity index (χ2n) is 7.44. The fourth-order valence-electron chi connectivity index (χ4n) is 3.58. The third kappa shape index (κ3) is 4.06. The van der Waals surface area contributed by atoms with E-state index in [0.29, 0.717) is 6.42 Å². The topological polar surface area (TPSA) is 65.5 Å². The van der Waals surface area contributed by atoms with Crippen molar-refractivity contribution >= 4 is 22.6 Å². The smallest absolute Gasteiger partial charge is 0.350 e. The third-order valence-electron chi connectivity index (χ3n) is 5.34. The first-order valence-corrected chi connectivity index (χ1v) is 9.72. The average Bonchev–Trinajstić information content (AvgIpc) is 3.49. The number of hydrogen-bond donors (Lipinski definition) is 2. The molecule has 4 heteroatoms. The Hall–Kier alpha value is -3.14. The lowest BCUT2D eigenvalue weighted by molar-refractivity contribution is -0.129. The van der Waals surface area contributed by atoms with Crippen LogP contribution < -0.4 is 0 Å². The van der Waals surface area contributed by atoms with Crippen molar-refractivity contribution in [2.24, 2.45) is 4.99 Å². The van der Waals surface area contributed by atoms with Crippen molar-refractivity contribution in [2.45, 2.75) is 38.5 Å². The van der Waals surface area contributed by atoms with Crippen LogP contribution in [0.2, 0.25) is 0 Å². The summed E-state index contributed by atoms with van der Waals surface area (Å²) in [6.45, 7) is 1.97. The van der Waals surface area contributed by atoms with Crippen LogP contribution in [-0.4, -0.2) is 21.8 Å². The zero-order chi connectivity index (χ0) is 19.5. The minimum atomic E-state index is -0.983. The molecule has 1 heterocycles. The number of carboxylic acid groups (broad SMARTS) is 1. The molecule has 2 N–H and O–H groups in total. The summed E-state index contributed by atoms with van der Waals surface area (Å²) >= 11 is 0. The number of carboxylic acids is 1. The van der Waals surface area contributed by atoms with Crippen molar-refractivity contribution in [1.29, 1.82) is 0 Å². The van der Waals surface area contributed by atoms with Crippen LogP contribution >= 0.6 is 0 Å². The van der Waals surface area contributed by atoms with Crippen molar-refractivity contribution in [3.8, 4) is 0 Å². The quantitative estimate of drug-likeness (QED) is 0.561. The third-order valence-corrected chi connectivity index (χ3v) is 5.34. The highest BCUT2D eigenvalue weighted by Crippen LogP contribution is 2.39. The number of benzene rings is 2. The van der Waals surface area contributed by atoms with Crippen LogP contribution in [0.15, 0.2) is 65.8 Å². The Labute approximate surface area is 164 Å². The predicted octanol–water partition coefficient (Wildman–Crippen LogP) is 5.18. The van der Waals surface area contributed by atoms with E-state index in [1.54, 1.807) is 6.20 Å². The zero-order valence-electron chi connectivity index (χ0n) is 16.0. The van der Waals surface area contributed by atoms with Crippen LogP contribution in [-0.2, 0) is 17.6 Å². The average molecular weight is 372 g/mol. The number of aliphatic carboxylic acids is 1. The normalized spacial score (nSPS) is 14.8. The molecule has 0 amide bonds. The van der Waals surface area contributed by atoms with Gasteiger partial charge in [-0.2, -0.15) is 0 Å². The van der Waals surface area contributed by atoms with Gasteiger partial charge in [0.05, 0.1) is 0 Å². The molecule has 4 rings (SSSR count). The largest absolute Gasteiger partial charge is 0.477 e. The molecule has 0 radical (unpaired) electrons. The van der Waals surface area contributed by atoms with Gasteiger partial charge in [0, 0.05) is 29.2 Å². The van der Waals surface area contributed by atoms with E-state index in [1.807, 2.05) is 37.3 Å². The number of carbonyl (C=O) groups is 1. The maximum Gasteiger partial charge on any atom is 0.350 e. The summed E-state index contributed by atoms with van der Waals surface area (Å²) in [5, 5.41) is 10.6. The number of aryl methyl sites for hydroxylation is 1. The summed E-state index contributed by atoms with van der Waals surface area (Å²) in [7, 11) is 0. The molecule has 142 valence electrons. The van der Waals surface area contributed by atoms with Gasteiger partial charge in [-0.3, -0.25) is 4.99 Å². The Kier molecular flexibility index (Phi) is 5.11. The zero-order valence-corrected chi connectivity index (χ0v) is 16.0. The van der Waals surface area contributed by atoms with Gasteiger partial charge >= 0.3 is 5.97 Å². The van der Waals surface area contributed by atoms with E-state index < -0.39 is 5.97 Å². The second-order valence-corrected chi connectivity index (χ2v) is 7.44. The second kappa shape index (κ2) is 7.85. The lowest BCUT2D eigenvalue weighted by Crippen LogP contribution is -2.16. The van der Waals surface area contributed by atoms with Gasteiger partial charge in [0.1, 0.15) is 5.71 Å².